The number of benzene rings is 1. The van der Waals surface area contributed by atoms with Crippen LogP contribution in [0.25, 0.3) is 0 Å². The van der Waals surface area contributed by atoms with Crippen LogP contribution in [0, 0.1) is 6.92 Å². The lowest BCUT2D eigenvalue weighted by Crippen LogP contribution is -2.37. The Bertz CT molecular complexity index is 556. The van der Waals surface area contributed by atoms with Gasteiger partial charge in [0.15, 0.2) is 0 Å². The third-order valence-corrected chi connectivity index (χ3v) is 4.26. The van der Waals surface area contributed by atoms with Crippen molar-refractivity contribution in [1.82, 2.24) is 10.2 Å². The van der Waals surface area contributed by atoms with Gasteiger partial charge in [-0.2, -0.15) is 0 Å². The second kappa shape index (κ2) is 6.17. The number of halogens is 1. The predicted octanol–water partition coefficient (Wildman–Crippen LogP) is 1.64. The van der Waals surface area contributed by atoms with Crippen LogP contribution in [0.4, 0.5) is 0 Å². The Morgan fingerprint density at radius 3 is 2.60 bits per heavy atom. The van der Waals surface area contributed by atoms with E-state index in [-0.39, 0.29) is 43.7 Å². The molecule has 0 spiro atoms. The van der Waals surface area contributed by atoms with Gasteiger partial charge in [0.25, 0.3) is 5.91 Å². The number of aryl methyl sites for hydroxylation is 1. The SMILES string of the molecule is Cc1cccc(C(=O)NCCN2C(=O)CCC2=O)c1Br. The molecule has 1 fully saturated rings. The lowest BCUT2D eigenvalue weighted by molar-refractivity contribution is -0.138. The fourth-order valence-electron chi connectivity index (χ4n) is 2.07. The summed E-state index contributed by atoms with van der Waals surface area (Å²) in [5.41, 5.74) is 1.52. The molecule has 0 radical (unpaired) electrons. The molecule has 1 aliphatic heterocycles. The zero-order valence-electron chi connectivity index (χ0n) is 11.1. The van der Waals surface area contributed by atoms with Crippen molar-refractivity contribution < 1.29 is 14.4 Å². The second-order valence-electron chi connectivity index (χ2n) is 4.63. The molecule has 1 heterocycles. The summed E-state index contributed by atoms with van der Waals surface area (Å²) in [6, 6.07) is 5.43. The molecule has 106 valence electrons. The fraction of sp³-hybridized carbons (Fsp3) is 0.357. The highest BCUT2D eigenvalue weighted by Crippen LogP contribution is 2.20. The van der Waals surface area contributed by atoms with Gasteiger partial charge in [-0.15, -0.1) is 0 Å². The van der Waals surface area contributed by atoms with Gasteiger partial charge in [0, 0.05) is 30.4 Å². The first-order chi connectivity index (χ1) is 9.50. The Hall–Kier alpha value is -1.69. The Kier molecular flexibility index (Phi) is 4.54. The van der Waals surface area contributed by atoms with E-state index in [1.54, 1.807) is 6.07 Å². The molecule has 0 saturated carbocycles. The van der Waals surface area contributed by atoms with Gasteiger partial charge < -0.3 is 5.32 Å². The monoisotopic (exact) mass is 338 g/mol. The van der Waals surface area contributed by atoms with Gasteiger partial charge in [-0.05, 0) is 34.5 Å². The quantitative estimate of drug-likeness (QED) is 0.848. The average molecular weight is 339 g/mol. The van der Waals surface area contributed by atoms with Crippen molar-refractivity contribution in [2.75, 3.05) is 13.1 Å². The molecule has 0 atom stereocenters. The smallest absolute Gasteiger partial charge is 0.252 e. The van der Waals surface area contributed by atoms with Crippen LogP contribution in [-0.4, -0.2) is 35.7 Å². The molecule has 6 heteroatoms. The minimum Gasteiger partial charge on any atom is -0.350 e. The molecule has 1 aromatic carbocycles. The number of hydrogen-bond acceptors (Lipinski definition) is 3. The topological polar surface area (TPSA) is 66.5 Å². The van der Waals surface area contributed by atoms with Crippen molar-refractivity contribution in [3.63, 3.8) is 0 Å². The van der Waals surface area contributed by atoms with Crippen LogP contribution < -0.4 is 5.32 Å². The summed E-state index contributed by atoms with van der Waals surface area (Å²) in [6.45, 7) is 2.39. The van der Waals surface area contributed by atoms with Gasteiger partial charge in [-0.1, -0.05) is 12.1 Å². The molecule has 2 rings (SSSR count). The van der Waals surface area contributed by atoms with E-state index >= 15 is 0 Å². The lowest BCUT2D eigenvalue weighted by atomic mass is 10.1. The van der Waals surface area contributed by atoms with Crippen LogP contribution in [0.2, 0.25) is 0 Å². The number of carbonyl (C=O) groups excluding carboxylic acids is 3. The van der Waals surface area contributed by atoms with Crippen molar-refractivity contribution in [2.45, 2.75) is 19.8 Å². The molecule has 0 bridgehead atoms. The number of hydrogen-bond donors (Lipinski definition) is 1. The number of nitrogens with one attached hydrogen (secondary N) is 1. The third kappa shape index (κ3) is 3.07. The molecule has 0 aromatic heterocycles. The van der Waals surface area contributed by atoms with E-state index in [1.807, 2.05) is 19.1 Å². The Balaban J connectivity index is 1.91. The zero-order valence-corrected chi connectivity index (χ0v) is 12.7. The van der Waals surface area contributed by atoms with Gasteiger partial charge in [-0.3, -0.25) is 19.3 Å². The molecule has 0 unspecified atom stereocenters. The van der Waals surface area contributed by atoms with Gasteiger partial charge in [0.1, 0.15) is 0 Å². The van der Waals surface area contributed by atoms with E-state index in [2.05, 4.69) is 21.2 Å². The Morgan fingerprint density at radius 1 is 1.30 bits per heavy atom. The molecular formula is C14H15BrN2O3. The van der Waals surface area contributed by atoms with Crippen molar-refractivity contribution in [3.05, 3.63) is 33.8 Å². The van der Waals surface area contributed by atoms with E-state index in [0.717, 1.165) is 10.0 Å². The van der Waals surface area contributed by atoms with Crippen molar-refractivity contribution >= 4 is 33.7 Å². The summed E-state index contributed by atoms with van der Waals surface area (Å²) < 4.78 is 0.755. The largest absolute Gasteiger partial charge is 0.350 e. The average Bonchev–Trinajstić information content (AvgIpc) is 2.73. The highest BCUT2D eigenvalue weighted by molar-refractivity contribution is 9.10. The standard InChI is InChI=1S/C14H15BrN2O3/c1-9-3-2-4-10(13(9)15)14(20)16-7-8-17-11(18)5-6-12(17)19/h2-4H,5-8H2,1H3,(H,16,20). The summed E-state index contributed by atoms with van der Waals surface area (Å²) in [5, 5.41) is 2.72. The highest BCUT2D eigenvalue weighted by Gasteiger charge is 2.28. The molecule has 5 nitrogen and oxygen atoms in total. The molecule has 1 N–H and O–H groups in total. The molecule has 0 aliphatic carbocycles. The predicted molar refractivity (Wildman–Crippen MR) is 77.2 cm³/mol. The molecule has 1 saturated heterocycles. The number of rotatable bonds is 4. The summed E-state index contributed by atoms with van der Waals surface area (Å²) in [7, 11) is 0. The molecular weight excluding hydrogens is 324 g/mol. The summed E-state index contributed by atoms with van der Waals surface area (Å²) in [4.78, 5) is 36.1. The summed E-state index contributed by atoms with van der Waals surface area (Å²) in [6.07, 6.45) is 0.548. The summed E-state index contributed by atoms with van der Waals surface area (Å²) >= 11 is 3.38. The highest BCUT2D eigenvalue weighted by atomic mass is 79.9. The van der Waals surface area contributed by atoms with Crippen LogP contribution in [0.5, 0.6) is 0 Å². The Morgan fingerprint density at radius 2 is 1.95 bits per heavy atom. The molecule has 20 heavy (non-hydrogen) atoms. The van der Waals surface area contributed by atoms with E-state index in [1.165, 1.54) is 4.90 Å². The van der Waals surface area contributed by atoms with Gasteiger partial charge in [0.05, 0.1) is 5.56 Å². The number of imide groups is 1. The van der Waals surface area contributed by atoms with E-state index in [0.29, 0.717) is 5.56 Å². The van der Waals surface area contributed by atoms with Gasteiger partial charge in [-0.25, -0.2) is 0 Å². The fourth-order valence-corrected chi connectivity index (χ4v) is 2.52. The minimum atomic E-state index is -0.223. The molecule has 1 aromatic rings. The van der Waals surface area contributed by atoms with Crippen molar-refractivity contribution in [3.8, 4) is 0 Å². The minimum absolute atomic E-state index is 0.166. The van der Waals surface area contributed by atoms with Crippen molar-refractivity contribution in [1.29, 1.82) is 0 Å². The Labute approximate surface area is 125 Å². The third-order valence-electron chi connectivity index (χ3n) is 3.21. The van der Waals surface area contributed by atoms with E-state index < -0.39 is 0 Å². The van der Waals surface area contributed by atoms with Gasteiger partial charge >= 0.3 is 0 Å². The number of likely N-dealkylation sites (tertiary alicyclic amines) is 1. The maximum absolute atomic E-state index is 12.0. The van der Waals surface area contributed by atoms with Crippen LogP contribution in [0.3, 0.4) is 0 Å². The van der Waals surface area contributed by atoms with Crippen LogP contribution in [0.1, 0.15) is 28.8 Å². The first-order valence-electron chi connectivity index (χ1n) is 6.37. The number of carbonyl (C=O) groups is 3. The van der Waals surface area contributed by atoms with Gasteiger partial charge in [0.2, 0.25) is 11.8 Å². The lowest BCUT2D eigenvalue weighted by Gasteiger charge is -2.14. The van der Waals surface area contributed by atoms with Crippen LogP contribution >= 0.6 is 15.9 Å². The molecule has 3 amide bonds. The maximum Gasteiger partial charge on any atom is 0.252 e. The van der Waals surface area contributed by atoms with Crippen LogP contribution in [-0.2, 0) is 9.59 Å². The number of nitrogens with zero attached hydrogens (tertiary/aromatic N) is 1. The van der Waals surface area contributed by atoms with E-state index in [9.17, 15) is 14.4 Å². The van der Waals surface area contributed by atoms with Crippen LogP contribution in [0.15, 0.2) is 22.7 Å². The normalized spacial score (nSPS) is 14.8. The zero-order chi connectivity index (χ0) is 14.7. The maximum atomic E-state index is 12.0. The van der Waals surface area contributed by atoms with E-state index in [4.69, 9.17) is 0 Å². The first kappa shape index (κ1) is 14.7. The second-order valence-corrected chi connectivity index (χ2v) is 5.42. The number of amides is 3. The van der Waals surface area contributed by atoms with Crippen molar-refractivity contribution in [2.24, 2.45) is 0 Å². The molecule has 1 aliphatic rings. The summed E-state index contributed by atoms with van der Waals surface area (Å²) in [5.74, 6) is -0.554. The first-order valence-corrected chi connectivity index (χ1v) is 7.16.